The molecule has 0 spiro atoms. The van der Waals surface area contributed by atoms with E-state index in [1.807, 2.05) is 0 Å². The van der Waals surface area contributed by atoms with Crippen molar-refractivity contribution >= 4 is 12.6 Å². The van der Waals surface area contributed by atoms with Crippen LogP contribution < -0.4 is 0 Å². The summed E-state index contributed by atoms with van der Waals surface area (Å²) in [7, 11) is 0. The number of fused-ring (bicyclic) bond motifs is 1. The van der Waals surface area contributed by atoms with Gasteiger partial charge in [-0.25, -0.2) is 0 Å². The van der Waals surface area contributed by atoms with Gasteiger partial charge in [-0.1, -0.05) is 19.3 Å². The maximum Gasteiger partial charge on any atom is 0.0730 e. The van der Waals surface area contributed by atoms with E-state index in [9.17, 15) is 0 Å². The smallest absolute Gasteiger partial charge is 0.0730 e. The fourth-order valence-electron chi connectivity index (χ4n) is 3.06. The Kier molecular flexibility index (Phi) is 5.46. The van der Waals surface area contributed by atoms with Crippen molar-refractivity contribution in [2.45, 2.75) is 57.1 Å². The Bertz CT molecular complexity index is 198. The normalized spacial score (nSPS) is 31.3. The number of nitrogens with zero attached hydrogens (tertiary/aromatic N) is 1. The van der Waals surface area contributed by atoms with E-state index in [4.69, 9.17) is 4.74 Å². The molecule has 0 radical (unpaired) electrons. The van der Waals surface area contributed by atoms with Crippen molar-refractivity contribution in [3.8, 4) is 0 Å². The molecule has 16 heavy (non-hydrogen) atoms. The summed E-state index contributed by atoms with van der Waals surface area (Å²) < 4.78 is 5.89. The highest BCUT2D eigenvalue weighted by atomic mass is 32.1. The van der Waals surface area contributed by atoms with Gasteiger partial charge in [0.25, 0.3) is 0 Å². The van der Waals surface area contributed by atoms with Crippen LogP contribution in [0.4, 0.5) is 0 Å². The highest BCUT2D eigenvalue weighted by Gasteiger charge is 2.33. The number of hydrogen-bond acceptors (Lipinski definition) is 3. The summed E-state index contributed by atoms with van der Waals surface area (Å²) in [6.07, 6.45) is 9.90. The lowest BCUT2D eigenvalue weighted by Gasteiger charge is -2.43. The van der Waals surface area contributed by atoms with E-state index in [1.54, 1.807) is 0 Å². The second-order valence-corrected chi connectivity index (χ2v) is 5.53. The van der Waals surface area contributed by atoms with Crippen molar-refractivity contribution in [3.63, 3.8) is 0 Å². The Hall–Kier alpha value is 0.270. The van der Waals surface area contributed by atoms with Gasteiger partial charge in [-0.2, -0.15) is 12.6 Å². The number of thiol groups is 1. The third-order valence-electron chi connectivity index (χ3n) is 3.95. The largest absolute Gasteiger partial charge is 0.375 e. The van der Waals surface area contributed by atoms with E-state index in [2.05, 4.69) is 17.5 Å². The van der Waals surface area contributed by atoms with Gasteiger partial charge in [-0.15, -0.1) is 0 Å². The summed E-state index contributed by atoms with van der Waals surface area (Å²) in [6.45, 7) is 3.38. The summed E-state index contributed by atoms with van der Waals surface area (Å²) in [6, 6.07) is 0.735. The number of unbranched alkanes of at least 4 members (excludes halogenated alkanes) is 2. The number of rotatable bonds is 5. The maximum absolute atomic E-state index is 5.89. The van der Waals surface area contributed by atoms with E-state index in [0.29, 0.717) is 6.10 Å². The predicted molar refractivity (Wildman–Crippen MR) is 71.3 cm³/mol. The first-order chi connectivity index (χ1) is 7.92. The van der Waals surface area contributed by atoms with Crippen molar-refractivity contribution in [1.82, 2.24) is 4.90 Å². The SMILES string of the molecule is SCCCCCN1CCOC2CCCCC21. The average Bonchev–Trinajstić information content (AvgIpc) is 2.35. The van der Waals surface area contributed by atoms with Gasteiger partial charge in [0.15, 0.2) is 0 Å². The molecule has 2 nitrogen and oxygen atoms in total. The fourth-order valence-corrected chi connectivity index (χ4v) is 3.28. The Morgan fingerprint density at radius 3 is 2.88 bits per heavy atom. The van der Waals surface area contributed by atoms with E-state index in [1.165, 1.54) is 51.5 Å². The van der Waals surface area contributed by atoms with Gasteiger partial charge in [-0.05, 0) is 38.0 Å². The highest BCUT2D eigenvalue weighted by molar-refractivity contribution is 7.80. The molecule has 0 bridgehead atoms. The molecule has 2 atom stereocenters. The fraction of sp³-hybridized carbons (Fsp3) is 1.00. The van der Waals surface area contributed by atoms with Crippen LogP contribution in [-0.2, 0) is 4.74 Å². The minimum Gasteiger partial charge on any atom is -0.375 e. The first-order valence-corrected chi connectivity index (χ1v) is 7.51. The summed E-state index contributed by atoms with van der Waals surface area (Å²) in [5.74, 6) is 1.04. The monoisotopic (exact) mass is 243 g/mol. The maximum atomic E-state index is 5.89. The second-order valence-electron chi connectivity index (χ2n) is 5.08. The Balaban J connectivity index is 1.74. The molecule has 3 heteroatoms. The van der Waals surface area contributed by atoms with Crippen molar-refractivity contribution in [2.24, 2.45) is 0 Å². The van der Waals surface area contributed by atoms with Crippen LogP contribution in [-0.4, -0.2) is 42.5 Å². The molecule has 2 fully saturated rings. The zero-order valence-electron chi connectivity index (χ0n) is 10.2. The quantitative estimate of drug-likeness (QED) is 0.589. The number of morpholine rings is 1. The molecular formula is C13H25NOS. The molecule has 94 valence electrons. The lowest BCUT2D eigenvalue weighted by molar-refractivity contribution is -0.0882. The lowest BCUT2D eigenvalue weighted by Crippen LogP contribution is -2.52. The molecule has 0 aromatic rings. The zero-order chi connectivity index (χ0) is 11.2. The third-order valence-corrected chi connectivity index (χ3v) is 4.27. The molecular weight excluding hydrogens is 218 g/mol. The molecule has 1 heterocycles. The van der Waals surface area contributed by atoms with Crippen molar-refractivity contribution in [2.75, 3.05) is 25.4 Å². The molecule has 2 unspecified atom stereocenters. The van der Waals surface area contributed by atoms with Gasteiger partial charge in [0.1, 0.15) is 0 Å². The predicted octanol–water partition coefficient (Wildman–Crippen LogP) is 2.73. The van der Waals surface area contributed by atoms with Crippen molar-refractivity contribution < 1.29 is 4.74 Å². The Morgan fingerprint density at radius 2 is 2.00 bits per heavy atom. The molecule has 1 aliphatic heterocycles. The molecule has 0 aromatic carbocycles. The van der Waals surface area contributed by atoms with Crippen LogP contribution >= 0.6 is 12.6 Å². The number of ether oxygens (including phenoxy) is 1. The molecule has 0 amide bonds. The average molecular weight is 243 g/mol. The number of hydrogen-bond donors (Lipinski definition) is 1. The molecule has 1 aliphatic carbocycles. The zero-order valence-corrected chi connectivity index (χ0v) is 11.1. The van der Waals surface area contributed by atoms with Gasteiger partial charge in [0, 0.05) is 12.6 Å². The van der Waals surface area contributed by atoms with Gasteiger partial charge in [0.05, 0.1) is 12.7 Å². The minimum absolute atomic E-state index is 0.548. The Morgan fingerprint density at radius 1 is 1.12 bits per heavy atom. The van der Waals surface area contributed by atoms with E-state index in [0.717, 1.165) is 24.9 Å². The summed E-state index contributed by atoms with van der Waals surface area (Å²) in [5.41, 5.74) is 0. The van der Waals surface area contributed by atoms with Crippen LogP contribution in [0.1, 0.15) is 44.9 Å². The van der Waals surface area contributed by atoms with Crippen LogP contribution in [0, 0.1) is 0 Å². The van der Waals surface area contributed by atoms with Gasteiger partial charge in [-0.3, -0.25) is 4.90 Å². The minimum atomic E-state index is 0.548. The molecule has 0 aromatic heterocycles. The first kappa shape index (κ1) is 12.7. The van der Waals surface area contributed by atoms with Gasteiger partial charge >= 0.3 is 0 Å². The van der Waals surface area contributed by atoms with Crippen LogP contribution in [0.5, 0.6) is 0 Å². The van der Waals surface area contributed by atoms with E-state index >= 15 is 0 Å². The summed E-state index contributed by atoms with van der Waals surface area (Å²) in [5, 5.41) is 0. The van der Waals surface area contributed by atoms with E-state index in [-0.39, 0.29) is 0 Å². The highest BCUT2D eigenvalue weighted by Crippen LogP contribution is 2.28. The topological polar surface area (TPSA) is 12.5 Å². The molecule has 0 N–H and O–H groups in total. The van der Waals surface area contributed by atoms with Crippen LogP contribution in [0.3, 0.4) is 0 Å². The Labute approximate surface area is 105 Å². The molecule has 1 saturated carbocycles. The summed E-state index contributed by atoms with van der Waals surface area (Å²) >= 11 is 4.26. The second kappa shape index (κ2) is 6.87. The van der Waals surface area contributed by atoms with Crippen molar-refractivity contribution in [1.29, 1.82) is 0 Å². The molecule has 2 rings (SSSR count). The van der Waals surface area contributed by atoms with E-state index < -0.39 is 0 Å². The summed E-state index contributed by atoms with van der Waals surface area (Å²) in [4.78, 5) is 2.69. The lowest BCUT2D eigenvalue weighted by atomic mass is 9.90. The molecule has 2 aliphatic rings. The van der Waals surface area contributed by atoms with Crippen LogP contribution in [0.15, 0.2) is 0 Å². The third kappa shape index (κ3) is 3.38. The van der Waals surface area contributed by atoms with Crippen LogP contribution in [0.25, 0.3) is 0 Å². The van der Waals surface area contributed by atoms with Gasteiger partial charge in [0.2, 0.25) is 0 Å². The van der Waals surface area contributed by atoms with Crippen molar-refractivity contribution in [3.05, 3.63) is 0 Å². The molecule has 1 saturated heterocycles. The standard InChI is InChI=1S/C13H25NOS/c16-11-5-1-4-8-14-9-10-15-13-7-3-2-6-12(13)14/h12-13,16H,1-11H2. The van der Waals surface area contributed by atoms with Gasteiger partial charge < -0.3 is 4.74 Å². The first-order valence-electron chi connectivity index (χ1n) is 6.88. The van der Waals surface area contributed by atoms with Crippen LogP contribution in [0.2, 0.25) is 0 Å².